The molecule has 2 fully saturated rings. The number of aromatic amines is 1. The Kier molecular flexibility index (Phi) is 5.65. The Labute approximate surface area is 201 Å². The molecule has 3 heterocycles. The molecule has 2 atom stereocenters. The summed E-state index contributed by atoms with van der Waals surface area (Å²) < 4.78 is 23.6. The number of benzene rings is 2. The monoisotopic (exact) mass is 499 g/mol. The third-order valence-corrected chi connectivity index (χ3v) is 7.71. The molecule has 0 radical (unpaired) electrons. The molecule has 0 aliphatic carbocycles. The first kappa shape index (κ1) is 22.5. The van der Waals surface area contributed by atoms with Gasteiger partial charge in [0.2, 0.25) is 5.91 Å². The van der Waals surface area contributed by atoms with E-state index in [4.69, 9.17) is 11.6 Å². The maximum atomic E-state index is 13.0. The van der Waals surface area contributed by atoms with Crippen LogP contribution in [0.25, 0.3) is 17.1 Å². The molecule has 2 amide bonds. The molecule has 11 heteroatoms. The van der Waals surface area contributed by atoms with E-state index in [1.807, 2.05) is 4.90 Å². The second-order valence-electron chi connectivity index (χ2n) is 8.84. The first-order valence-electron chi connectivity index (χ1n) is 10.7. The maximum Gasteiger partial charge on any atom is 0.253 e. The van der Waals surface area contributed by atoms with Crippen molar-refractivity contribution >= 4 is 50.4 Å². The van der Waals surface area contributed by atoms with E-state index < -0.39 is 9.84 Å². The average Bonchev–Trinajstić information content (AvgIpc) is 3.50. The van der Waals surface area contributed by atoms with Crippen molar-refractivity contribution in [1.29, 1.82) is 0 Å². The molecule has 2 aromatic carbocycles. The lowest BCUT2D eigenvalue weighted by atomic mass is 10.0. The smallest absolute Gasteiger partial charge is 0.253 e. The molecule has 34 heavy (non-hydrogen) atoms. The number of likely N-dealkylation sites (tertiary alicyclic amines) is 2. The Morgan fingerprint density at radius 2 is 1.76 bits per heavy atom. The number of H-pyrrole nitrogens is 1. The van der Waals surface area contributed by atoms with E-state index in [0.29, 0.717) is 42.8 Å². The van der Waals surface area contributed by atoms with Crippen LogP contribution in [-0.2, 0) is 14.6 Å². The molecule has 176 valence electrons. The van der Waals surface area contributed by atoms with E-state index in [1.54, 1.807) is 35.2 Å². The zero-order valence-corrected chi connectivity index (χ0v) is 19.9. The van der Waals surface area contributed by atoms with Gasteiger partial charge in [-0.15, -0.1) is 5.10 Å². The zero-order valence-electron chi connectivity index (χ0n) is 18.3. The van der Waals surface area contributed by atoms with Crippen LogP contribution in [0, 0.1) is 11.8 Å². The number of sulfone groups is 1. The van der Waals surface area contributed by atoms with Crippen molar-refractivity contribution < 1.29 is 18.0 Å². The van der Waals surface area contributed by atoms with Gasteiger partial charge in [0.1, 0.15) is 5.52 Å². The van der Waals surface area contributed by atoms with E-state index in [9.17, 15) is 18.0 Å². The van der Waals surface area contributed by atoms with Gasteiger partial charge in [-0.25, -0.2) is 8.42 Å². The number of nitrogens with zero attached hydrogens (tertiary/aromatic N) is 4. The number of hydrogen-bond acceptors (Lipinski definition) is 6. The number of nitrogens with one attached hydrogen (secondary N) is 1. The summed E-state index contributed by atoms with van der Waals surface area (Å²) in [6.45, 7) is 2.34. The summed E-state index contributed by atoms with van der Waals surface area (Å²) in [5, 5.41) is 10.8. The summed E-state index contributed by atoms with van der Waals surface area (Å²) in [5.41, 5.74) is 2.55. The van der Waals surface area contributed by atoms with Crippen LogP contribution in [-0.4, -0.2) is 77.9 Å². The molecule has 1 aromatic heterocycles. The minimum atomic E-state index is -3.41. The van der Waals surface area contributed by atoms with Crippen molar-refractivity contribution in [3.05, 3.63) is 58.6 Å². The molecule has 2 aliphatic rings. The highest BCUT2D eigenvalue weighted by Crippen LogP contribution is 2.32. The fourth-order valence-electron chi connectivity index (χ4n) is 4.66. The van der Waals surface area contributed by atoms with Crippen LogP contribution in [0.5, 0.6) is 0 Å². The molecular formula is C23H22ClN5O4S. The minimum Gasteiger partial charge on any atom is -0.338 e. The number of aromatic nitrogens is 3. The summed E-state index contributed by atoms with van der Waals surface area (Å²) in [5.74, 6) is 0.254. The van der Waals surface area contributed by atoms with Gasteiger partial charge in [-0.3, -0.25) is 14.7 Å². The third kappa shape index (κ3) is 4.43. The van der Waals surface area contributed by atoms with Gasteiger partial charge in [0.05, 0.1) is 10.4 Å². The Bertz CT molecular complexity index is 1420. The molecule has 0 spiro atoms. The standard InChI is InChI=1S/C23H22ClN5O4S/c1-34(32,33)19-7-14(6-18(24)9-19)2-5-22(30)28-10-16-12-29(13-17(16)11-28)23(31)15-3-4-20-21(8-15)26-27-25-20/h2-9,16-17H,10-13H2,1H3,(H,25,26,27)/b5-2+/t16-,17-/m1/s1. The van der Waals surface area contributed by atoms with E-state index in [1.165, 1.54) is 18.2 Å². The highest BCUT2D eigenvalue weighted by atomic mass is 35.5. The average molecular weight is 500 g/mol. The lowest BCUT2D eigenvalue weighted by molar-refractivity contribution is -0.125. The second-order valence-corrected chi connectivity index (χ2v) is 11.3. The van der Waals surface area contributed by atoms with Gasteiger partial charge in [0.15, 0.2) is 9.84 Å². The van der Waals surface area contributed by atoms with Crippen LogP contribution in [0.1, 0.15) is 15.9 Å². The Hall–Kier alpha value is -3.24. The van der Waals surface area contributed by atoms with Crippen LogP contribution in [0.2, 0.25) is 5.02 Å². The van der Waals surface area contributed by atoms with Gasteiger partial charge < -0.3 is 9.80 Å². The lowest BCUT2D eigenvalue weighted by Crippen LogP contribution is -2.35. The number of carbonyl (C=O) groups is 2. The summed E-state index contributed by atoms with van der Waals surface area (Å²) >= 11 is 6.04. The van der Waals surface area contributed by atoms with Crippen LogP contribution in [0.3, 0.4) is 0 Å². The van der Waals surface area contributed by atoms with Gasteiger partial charge >= 0.3 is 0 Å². The third-order valence-electron chi connectivity index (χ3n) is 6.40. The Morgan fingerprint density at radius 1 is 1.06 bits per heavy atom. The number of carbonyl (C=O) groups excluding carboxylic acids is 2. The van der Waals surface area contributed by atoms with Crippen LogP contribution in [0.15, 0.2) is 47.4 Å². The number of hydrogen-bond donors (Lipinski definition) is 1. The summed E-state index contributed by atoms with van der Waals surface area (Å²) in [4.78, 5) is 29.4. The molecule has 2 saturated heterocycles. The SMILES string of the molecule is CS(=O)(=O)c1cc(Cl)cc(/C=C/C(=O)N2C[C@@H]3CN(C(=O)c4ccc5[nH]nnc5c4)C[C@H]3C2)c1. The van der Waals surface area contributed by atoms with Crippen molar-refractivity contribution in [3.8, 4) is 0 Å². The van der Waals surface area contributed by atoms with E-state index in [2.05, 4.69) is 15.4 Å². The molecule has 0 bridgehead atoms. The van der Waals surface area contributed by atoms with Gasteiger partial charge in [-0.2, -0.15) is 0 Å². The van der Waals surface area contributed by atoms with Gasteiger partial charge in [0, 0.05) is 60.9 Å². The fraction of sp³-hybridized carbons (Fsp3) is 0.304. The van der Waals surface area contributed by atoms with Gasteiger partial charge in [-0.05, 0) is 48.0 Å². The van der Waals surface area contributed by atoms with E-state index >= 15 is 0 Å². The molecule has 0 unspecified atom stereocenters. The van der Waals surface area contributed by atoms with Crippen molar-refractivity contribution in [2.45, 2.75) is 4.90 Å². The molecule has 5 rings (SSSR count). The molecule has 2 aliphatic heterocycles. The molecule has 3 aromatic rings. The normalized spacial score (nSPS) is 20.4. The van der Waals surface area contributed by atoms with Gasteiger partial charge in [0.25, 0.3) is 5.91 Å². The minimum absolute atomic E-state index is 0.0419. The first-order valence-corrected chi connectivity index (χ1v) is 13.0. The van der Waals surface area contributed by atoms with Crippen molar-refractivity contribution in [2.24, 2.45) is 11.8 Å². The molecule has 0 saturated carbocycles. The maximum absolute atomic E-state index is 13.0. The Morgan fingerprint density at radius 3 is 2.47 bits per heavy atom. The van der Waals surface area contributed by atoms with Crippen molar-refractivity contribution in [3.63, 3.8) is 0 Å². The summed E-state index contributed by atoms with van der Waals surface area (Å²) in [6, 6.07) is 9.78. The van der Waals surface area contributed by atoms with Crippen molar-refractivity contribution in [2.75, 3.05) is 32.4 Å². The quantitative estimate of drug-likeness (QED) is 0.550. The predicted octanol–water partition coefficient (Wildman–Crippen LogP) is 2.26. The van der Waals surface area contributed by atoms with E-state index in [0.717, 1.165) is 11.8 Å². The second kappa shape index (κ2) is 8.52. The largest absolute Gasteiger partial charge is 0.338 e. The Balaban J connectivity index is 1.21. The summed E-state index contributed by atoms with van der Waals surface area (Å²) in [6.07, 6.45) is 4.13. The van der Waals surface area contributed by atoms with Gasteiger partial charge in [-0.1, -0.05) is 16.8 Å². The number of rotatable bonds is 4. The molecular weight excluding hydrogens is 478 g/mol. The zero-order chi connectivity index (χ0) is 24.0. The summed E-state index contributed by atoms with van der Waals surface area (Å²) in [7, 11) is -3.41. The topological polar surface area (TPSA) is 116 Å². The number of fused-ring (bicyclic) bond motifs is 2. The van der Waals surface area contributed by atoms with Crippen molar-refractivity contribution in [1.82, 2.24) is 25.2 Å². The van der Waals surface area contributed by atoms with Crippen LogP contribution < -0.4 is 0 Å². The van der Waals surface area contributed by atoms with Crippen LogP contribution in [0.4, 0.5) is 0 Å². The highest BCUT2D eigenvalue weighted by molar-refractivity contribution is 7.90. The first-order chi connectivity index (χ1) is 16.2. The molecule has 9 nitrogen and oxygen atoms in total. The highest BCUT2D eigenvalue weighted by Gasteiger charge is 2.42. The number of halogens is 1. The lowest BCUT2D eigenvalue weighted by Gasteiger charge is -2.21. The predicted molar refractivity (Wildman–Crippen MR) is 127 cm³/mol. The van der Waals surface area contributed by atoms with E-state index in [-0.39, 0.29) is 33.6 Å². The van der Waals surface area contributed by atoms with Crippen LogP contribution >= 0.6 is 11.6 Å². The number of amides is 2. The molecule has 1 N–H and O–H groups in total. The fourth-order valence-corrected chi connectivity index (χ4v) is 5.66.